The Bertz CT molecular complexity index is 5250. The van der Waals surface area contributed by atoms with Crippen molar-refractivity contribution in [3.8, 4) is 66.8 Å². The van der Waals surface area contributed by atoms with E-state index < -0.39 is 0 Å². The maximum absolute atomic E-state index is 2.48. The summed E-state index contributed by atoms with van der Waals surface area (Å²) in [4.78, 5) is 0. The largest absolute Gasteiger partial charge is 0.135 e. The van der Waals surface area contributed by atoms with E-state index in [-0.39, 0.29) is 0 Å². The van der Waals surface area contributed by atoms with Crippen LogP contribution in [0.1, 0.15) is 0 Å². The number of benzene rings is 14. The lowest BCUT2D eigenvalue weighted by molar-refractivity contribution is 1.66. The summed E-state index contributed by atoms with van der Waals surface area (Å²) in [5, 5.41) is 17.9. The number of thiophene rings is 3. The predicted molar refractivity (Wildman–Crippen MR) is 348 cm³/mol. The van der Waals surface area contributed by atoms with E-state index in [9.17, 15) is 0 Å². The maximum atomic E-state index is 2.48. The van der Waals surface area contributed by atoms with Crippen LogP contribution in [0.4, 0.5) is 0 Å². The highest BCUT2D eigenvalue weighted by atomic mass is 32.1. The van der Waals surface area contributed by atoms with Gasteiger partial charge < -0.3 is 0 Å². The van der Waals surface area contributed by atoms with Crippen molar-refractivity contribution in [1.82, 2.24) is 0 Å². The highest BCUT2D eigenvalue weighted by Crippen LogP contribution is 2.51. The minimum Gasteiger partial charge on any atom is -0.135 e. The molecule has 0 fully saturated rings. The summed E-state index contributed by atoms with van der Waals surface area (Å²) in [6, 6.07) is 100. The molecule has 17 rings (SSSR count). The zero-order valence-electron chi connectivity index (χ0n) is 42.6. The molecule has 79 heavy (non-hydrogen) atoms. The van der Waals surface area contributed by atoms with Crippen LogP contribution in [0.25, 0.3) is 170 Å². The Balaban J connectivity index is 0.823. The van der Waals surface area contributed by atoms with Crippen molar-refractivity contribution in [2.75, 3.05) is 0 Å². The Labute approximate surface area is 468 Å². The van der Waals surface area contributed by atoms with E-state index >= 15 is 0 Å². The fourth-order valence-corrected chi connectivity index (χ4v) is 16.5. The first-order valence-electron chi connectivity index (χ1n) is 27.0. The zero-order chi connectivity index (χ0) is 51.7. The lowest BCUT2D eigenvalue weighted by Gasteiger charge is -2.18. The Morgan fingerprint density at radius 2 is 0.443 bits per heavy atom. The average molecular weight is 1050 g/mol. The fourth-order valence-electron chi connectivity index (χ4n) is 13.1. The molecule has 0 saturated carbocycles. The topological polar surface area (TPSA) is 0 Å². The van der Waals surface area contributed by atoms with Crippen molar-refractivity contribution in [3.05, 3.63) is 267 Å². The number of hydrogen-bond donors (Lipinski definition) is 0. The minimum absolute atomic E-state index is 1.23. The number of hydrogen-bond acceptors (Lipinski definition) is 3. The molecule has 14 aromatic carbocycles. The van der Waals surface area contributed by atoms with Crippen LogP contribution in [0.15, 0.2) is 267 Å². The molecule has 0 aliphatic carbocycles. The molecular formula is C76H44S3. The first-order chi connectivity index (χ1) is 39.2. The molecule has 0 atom stereocenters. The summed E-state index contributed by atoms with van der Waals surface area (Å²) in [6.45, 7) is 0. The van der Waals surface area contributed by atoms with Gasteiger partial charge in [0.15, 0.2) is 0 Å². The first-order valence-corrected chi connectivity index (χ1v) is 29.5. The summed E-state index contributed by atoms with van der Waals surface area (Å²) >= 11 is 5.68. The van der Waals surface area contributed by atoms with Gasteiger partial charge in [-0.1, -0.05) is 206 Å². The standard InChI is InChI=1S/C76H44S3/c1-3-16-45(17-4-1)47-30-35-67-63(40-47)65-43-50(32-37-69(65)77-67)73-54-22-9-7-20-52(54)72(53-21-8-10-23-55(53)73)49-34-39-71-62(42-49)60-28-15-29-61(76(60)79-71)75-58-26-13-11-24-56(58)74(57-25-12-14-27-59(57)75)51-33-38-70-66(44-51)64-41-48(31-36-68(64)78-70)46-18-5-2-6-19-46/h1-44H. The quantitative estimate of drug-likeness (QED) is 0.146. The van der Waals surface area contributed by atoms with Crippen molar-refractivity contribution in [1.29, 1.82) is 0 Å². The molecule has 3 heteroatoms. The van der Waals surface area contributed by atoms with Crippen LogP contribution in [0.2, 0.25) is 0 Å². The van der Waals surface area contributed by atoms with Gasteiger partial charge in [-0.3, -0.25) is 0 Å². The number of fused-ring (bicyclic) bond motifs is 13. The normalized spacial score (nSPS) is 12.1. The van der Waals surface area contributed by atoms with Crippen LogP contribution < -0.4 is 0 Å². The summed E-state index contributed by atoms with van der Waals surface area (Å²) in [7, 11) is 0. The molecule has 366 valence electrons. The van der Waals surface area contributed by atoms with Crippen molar-refractivity contribution < 1.29 is 0 Å². The molecule has 0 amide bonds. The zero-order valence-corrected chi connectivity index (χ0v) is 45.1. The molecule has 0 aliphatic rings. The van der Waals surface area contributed by atoms with E-state index in [2.05, 4.69) is 267 Å². The third kappa shape index (κ3) is 6.97. The van der Waals surface area contributed by atoms with Crippen LogP contribution >= 0.6 is 34.0 Å². The van der Waals surface area contributed by atoms with Crippen molar-refractivity contribution in [3.63, 3.8) is 0 Å². The summed E-state index contributed by atoms with van der Waals surface area (Å²) < 4.78 is 7.86. The molecule has 0 saturated heterocycles. The molecule has 0 bridgehead atoms. The Kier molecular flexibility index (Phi) is 10.0. The van der Waals surface area contributed by atoms with Crippen molar-refractivity contribution in [2.45, 2.75) is 0 Å². The van der Waals surface area contributed by atoms with Gasteiger partial charge >= 0.3 is 0 Å². The highest BCUT2D eigenvalue weighted by molar-refractivity contribution is 7.27. The molecule has 0 nitrogen and oxygen atoms in total. The molecule has 3 aromatic heterocycles. The van der Waals surface area contributed by atoms with Crippen LogP contribution in [-0.4, -0.2) is 0 Å². The van der Waals surface area contributed by atoms with E-state index in [1.54, 1.807) is 0 Å². The summed E-state index contributed by atoms with van der Waals surface area (Å²) in [5.41, 5.74) is 15.1. The van der Waals surface area contributed by atoms with E-state index in [0.29, 0.717) is 0 Å². The minimum atomic E-state index is 1.23. The predicted octanol–water partition coefficient (Wildman–Crippen LogP) is 23.4. The van der Waals surface area contributed by atoms with E-state index in [4.69, 9.17) is 0 Å². The average Bonchev–Trinajstić information content (AvgIpc) is 4.42. The third-order valence-electron chi connectivity index (χ3n) is 16.6. The molecule has 17 aromatic rings. The second-order valence-electron chi connectivity index (χ2n) is 21.0. The van der Waals surface area contributed by atoms with E-state index in [1.165, 1.54) is 170 Å². The first kappa shape index (κ1) is 44.9. The Morgan fingerprint density at radius 1 is 0.165 bits per heavy atom. The Hall–Kier alpha value is -9.22. The lowest BCUT2D eigenvalue weighted by atomic mass is 9.85. The second-order valence-corrected chi connectivity index (χ2v) is 24.2. The lowest BCUT2D eigenvalue weighted by Crippen LogP contribution is -1.91. The van der Waals surface area contributed by atoms with Crippen molar-refractivity contribution in [2.24, 2.45) is 0 Å². The highest BCUT2D eigenvalue weighted by Gasteiger charge is 2.23. The van der Waals surface area contributed by atoms with Crippen LogP contribution in [0.5, 0.6) is 0 Å². The van der Waals surface area contributed by atoms with Gasteiger partial charge in [-0.15, -0.1) is 34.0 Å². The van der Waals surface area contributed by atoms with Crippen LogP contribution in [0, 0.1) is 0 Å². The van der Waals surface area contributed by atoms with Crippen molar-refractivity contribution >= 4 is 138 Å². The summed E-state index contributed by atoms with van der Waals surface area (Å²) in [6.07, 6.45) is 0. The monoisotopic (exact) mass is 1050 g/mol. The maximum Gasteiger partial charge on any atom is 0.0434 e. The second kappa shape index (κ2) is 17.7. The fraction of sp³-hybridized carbons (Fsp3) is 0. The molecule has 3 heterocycles. The van der Waals surface area contributed by atoms with E-state index in [0.717, 1.165) is 0 Å². The Morgan fingerprint density at radius 3 is 0.810 bits per heavy atom. The molecule has 0 aliphatic heterocycles. The van der Waals surface area contributed by atoms with Gasteiger partial charge in [0, 0.05) is 66.1 Å². The van der Waals surface area contributed by atoms with Gasteiger partial charge in [0.1, 0.15) is 0 Å². The van der Waals surface area contributed by atoms with Gasteiger partial charge in [-0.25, -0.2) is 0 Å². The van der Waals surface area contributed by atoms with Gasteiger partial charge in [0.2, 0.25) is 0 Å². The van der Waals surface area contributed by atoms with Gasteiger partial charge in [-0.05, 0) is 165 Å². The summed E-state index contributed by atoms with van der Waals surface area (Å²) in [5.74, 6) is 0. The number of rotatable bonds is 6. The SMILES string of the molecule is c1ccc(-c2ccc3sc4ccc(-c5c6ccccc6c(-c6ccc7sc8c(-c9c%10ccccc%10c(-c%10ccc%11sc%12ccc(-c%13ccccc%13)cc%12c%11c%10)c%10ccccc9%10)cccc8c7c6)c6ccccc56)cc4c3c2)cc1. The molecular weight excluding hydrogens is 1010 g/mol. The third-order valence-corrected chi connectivity index (χ3v) is 20.2. The van der Waals surface area contributed by atoms with Gasteiger partial charge in [0.25, 0.3) is 0 Å². The molecule has 0 spiro atoms. The van der Waals surface area contributed by atoms with E-state index in [1.807, 2.05) is 34.0 Å². The smallest absolute Gasteiger partial charge is 0.0434 e. The van der Waals surface area contributed by atoms with Crippen LogP contribution in [0.3, 0.4) is 0 Å². The van der Waals surface area contributed by atoms with Gasteiger partial charge in [0.05, 0.1) is 0 Å². The molecule has 0 radical (unpaired) electrons. The van der Waals surface area contributed by atoms with Gasteiger partial charge in [-0.2, -0.15) is 0 Å². The van der Waals surface area contributed by atoms with Crippen LogP contribution in [-0.2, 0) is 0 Å². The molecule has 0 N–H and O–H groups in total. The molecule has 0 unspecified atom stereocenters.